The lowest BCUT2D eigenvalue weighted by atomic mass is 10.1. The van der Waals surface area contributed by atoms with E-state index in [0.717, 1.165) is 45.3 Å². The third-order valence-corrected chi connectivity index (χ3v) is 7.30. The van der Waals surface area contributed by atoms with E-state index in [2.05, 4.69) is 34.7 Å². The molecule has 2 aromatic carbocycles. The van der Waals surface area contributed by atoms with Crippen LogP contribution in [0.25, 0.3) is 0 Å². The molecule has 0 spiro atoms. The zero-order valence-corrected chi connectivity index (χ0v) is 25.5. The number of carbonyl (C=O) groups is 2. The van der Waals surface area contributed by atoms with Crippen LogP contribution in [0.5, 0.6) is 0 Å². The van der Waals surface area contributed by atoms with Gasteiger partial charge in [-0.05, 0) is 62.9 Å². The molecule has 2 aromatic rings. The predicted molar refractivity (Wildman–Crippen MR) is 170 cm³/mol. The molecule has 0 aliphatic carbocycles. The van der Waals surface area contributed by atoms with Gasteiger partial charge >= 0.3 is 0 Å². The molecule has 1 atom stereocenters. The van der Waals surface area contributed by atoms with Crippen LogP contribution in [0.2, 0.25) is 5.02 Å². The highest BCUT2D eigenvalue weighted by atomic mass is 35.5. The Labute approximate surface area is 248 Å². The van der Waals surface area contributed by atoms with Crippen molar-refractivity contribution in [3.63, 3.8) is 0 Å². The number of nitrogens with one attached hydrogen (secondary N) is 3. The highest BCUT2D eigenvalue weighted by molar-refractivity contribution is 8.03. The van der Waals surface area contributed by atoms with Gasteiger partial charge in [0, 0.05) is 39.0 Å². The van der Waals surface area contributed by atoms with Crippen LogP contribution in [0.3, 0.4) is 0 Å². The van der Waals surface area contributed by atoms with Gasteiger partial charge in [0.2, 0.25) is 11.8 Å². The van der Waals surface area contributed by atoms with Crippen molar-refractivity contribution in [1.29, 1.82) is 0 Å². The average Bonchev–Trinajstić information content (AvgIpc) is 3.24. The normalized spacial score (nSPS) is 17.6. The summed E-state index contributed by atoms with van der Waals surface area (Å²) in [6.07, 6.45) is 8.31. The number of aliphatic imine (C=N–C) groups is 1. The Balaban J connectivity index is 0.00000105. The summed E-state index contributed by atoms with van der Waals surface area (Å²) in [6.45, 7) is 12.5. The monoisotopic (exact) mass is 580 g/mol. The number of amidine groups is 1. The quantitative estimate of drug-likeness (QED) is 0.316. The molecule has 1 fully saturated rings. The van der Waals surface area contributed by atoms with E-state index in [4.69, 9.17) is 16.6 Å². The first-order valence-electron chi connectivity index (χ1n) is 13.8. The number of hydrogen-bond donors (Lipinski definition) is 3. The lowest BCUT2D eigenvalue weighted by Gasteiger charge is -2.14. The standard InChI is InChI=1S/C27H29ClN4O2S.C3H6.C2H6/c1-18-23(10-6-11-25(33)32-22-8-4-5-16-29-27(22)34)35-24-9-3-2-7-21(24)26(31-18)30-17-19-12-14-20(28)15-13-19;1-3-2;1-2/h2-3,6-7,9-10,12-15,22H,4-5,8,11,16-17H2,1H3,(H,29,34)(H,30,31)(H,32,33);3H,1H2,2H3;1-2H3/b10-6-;;. The Hall–Kier alpha value is -3.29. The minimum atomic E-state index is -0.445. The van der Waals surface area contributed by atoms with Crippen LogP contribution < -0.4 is 16.0 Å². The van der Waals surface area contributed by atoms with Gasteiger partial charge in [0.05, 0.1) is 6.54 Å². The third-order valence-electron chi connectivity index (χ3n) is 5.81. The molecular formula is C32H41ClN4O2S. The first-order valence-corrected chi connectivity index (χ1v) is 15.0. The van der Waals surface area contributed by atoms with Crippen molar-refractivity contribution in [2.24, 2.45) is 4.99 Å². The van der Waals surface area contributed by atoms with Crippen molar-refractivity contribution in [3.05, 3.63) is 100 Å². The first kappa shape index (κ1) is 32.9. The maximum atomic E-state index is 12.4. The number of hydrogen-bond acceptors (Lipinski definition) is 4. The SMILES string of the molecule is C=CC.CC.CC1=C(/C=C\CC(=O)NC2CCCCNC2=O)Sc2ccccc2C(=NCc2ccc(Cl)cc2)N1. The van der Waals surface area contributed by atoms with Gasteiger partial charge in [-0.2, -0.15) is 0 Å². The summed E-state index contributed by atoms with van der Waals surface area (Å²) < 4.78 is 0. The number of thioether (sulfide) groups is 1. The predicted octanol–water partition coefficient (Wildman–Crippen LogP) is 7.16. The van der Waals surface area contributed by atoms with Gasteiger partial charge in [0.15, 0.2) is 0 Å². The fourth-order valence-electron chi connectivity index (χ4n) is 3.90. The van der Waals surface area contributed by atoms with Crippen LogP contribution >= 0.6 is 23.4 Å². The van der Waals surface area contributed by atoms with Gasteiger partial charge in [-0.3, -0.25) is 14.6 Å². The summed E-state index contributed by atoms with van der Waals surface area (Å²) in [4.78, 5) is 31.5. The van der Waals surface area contributed by atoms with Crippen LogP contribution in [0.15, 0.2) is 93.8 Å². The molecule has 40 heavy (non-hydrogen) atoms. The minimum absolute atomic E-state index is 0.0936. The molecule has 2 aliphatic rings. The first-order chi connectivity index (χ1) is 19.4. The molecule has 1 unspecified atom stereocenters. The third kappa shape index (κ3) is 10.7. The molecule has 0 saturated carbocycles. The molecular weight excluding hydrogens is 540 g/mol. The van der Waals surface area contributed by atoms with Crippen LogP contribution in [0.4, 0.5) is 0 Å². The van der Waals surface area contributed by atoms with Crippen molar-refractivity contribution in [3.8, 4) is 0 Å². The molecule has 1 saturated heterocycles. The van der Waals surface area contributed by atoms with E-state index >= 15 is 0 Å². The minimum Gasteiger partial charge on any atom is -0.354 e. The molecule has 3 N–H and O–H groups in total. The Morgan fingerprint density at radius 3 is 2.60 bits per heavy atom. The largest absolute Gasteiger partial charge is 0.354 e. The maximum Gasteiger partial charge on any atom is 0.242 e. The van der Waals surface area contributed by atoms with E-state index in [1.165, 1.54) is 0 Å². The second-order valence-corrected chi connectivity index (χ2v) is 10.4. The fourth-order valence-corrected chi connectivity index (χ4v) is 5.05. The number of allylic oxidation sites excluding steroid dienone is 3. The molecule has 4 rings (SSSR count). The fraction of sp³-hybridized carbons (Fsp3) is 0.344. The van der Waals surface area contributed by atoms with Crippen LogP contribution in [-0.4, -0.2) is 30.2 Å². The van der Waals surface area contributed by atoms with E-state index < -0.39 is 6.04 Å². The Bertz CT molecular complexity index is 1220. The van der Waals surface area contributed by atoms with Crippen molar-refractivity contribution in [1.82, 2.24) is 16.0 Å². The lowest BCUT2D eigenvalue weighted by Crippen LogP contribution is -2.45. The van der Waals surface area contributed by atoms with E-state index in [0.29, 0.717) is 24.5 Å². The van der Waals surface area contributed by atoms with Gasteiger partial charge in [0.25, 0.3) is 0 Å². The lowest BCUT2D eigenvalue weighted by molar-refractivity contribution is -0.128. The molecule has 2 heterocycles. The van der Waals surface area contributed by atoms with Gasteiger partial charge < -0.3 is 16.0 Å². The van der Waals surface area contributed by atoms with Crippen molar-refractivity contribution < 1.29 is 9.59 Å². The highest BCUT2D eigenvalue weighted by Gasteiger charge is 2.22. The summed E-state index contributed by atoms with van der Waals surface area (Å²) in [5.41, 5.74) is 3.07. The molecule has 0 aromatic heterocycles. The number of amides is 2. The van der Waals surface area contributed by atoms with E-state index in [-0.39, 0.29) is 18.2 Å². The summed E-state index contributed by atoms with van der Waals surface area (Å²) >= 11 is 7.64. The van der Waals surface area contributed by atoms with Crippen molar-refractivity contribution >= 4 is 41.0 Å². The van der Waals surface area contributed by atoms with E-state index in [9.17, 15) is 9.59 Å². The number of nitrogens with zero attached hydrogens (tertiary/aromatic N) is 1. The Morgan fingerprint density at radius 2 is 1.88 bits per heavy atom. The van der Waals surface area contributed by atoms with Crippen molar-refractivity contribution in [2.75, 3.05) is 6.54 Å². The highest BCUT2D eigenvalue weighted by Crippen LogP contribution is 2.34. The van der Waals surface area contributed by atoms with Crippen LogP contribution in [-0.2, 0) is 16.1 Å². The van der Waals surface area contributed by atoms with Crippen molar-refractivity contribution in [2.45, 2.75) is 70.9 Å². The zero-order valence-electron chi connectivity index (χ0n) is 23.9. The molecule has 214 valence electrons. The van der Waals surface area contributed by atoms with E-state index in [1.54, 1.807) is 17.8 Å². The number of fused-ring (bicyclic) bond motifs is 1. The maximum absolute atomic E-state index is 12.4. The van der Waals surface area contributed by atoms with Gasteiger partial charge in [-0.1, -0.05) is 79.7 Å². The summed E-state index contributed by atoms with van der Waals surface area (Å²) in [5, 5.41) is 9.88. The molecule has 2 aliphatic heterocycles. The van der Waals surface area contributed by atoms with Gasteiger partial charge in [-0.25, -0.2) is 0 Å². The second kappa shape index (κ2) is 18.1. The smallest absolute Gasteiger partial charge is 0.242 e. The molecule has 0 radical (unpaired) electrons. The topological polar surface area (TPSA) is 82.6 Å². The molecule has 2 amide bonds. The van der Waals surface area contributed by atoms with Gasteiger partial charge in [-0.15, -0.1) is 6.58 Å². The Morgan fingerprint density at radius 1 is 1.18 bits per heavy atom. The second-order valence-electron chi connectivity index (χ2n) is 8.93. The number of benzene rings is 2. The Kier molecular flexibility index (Phi) is 14.9. The number of halogens is 1. The number of rotatable bonds is 6. The summed E-state index contributed by atoms with van der Waals surface area (Å²) in [6, 6.07) is 15.4. The molecule has 6 nitrogen and oxygen atoms in total. The molecule has 0 bridgehead atoms. The summed E-state index contributed by atoms with van der Waals surface area (Å²) in [7, 11) is 0. The zero-order chi connectivity index (χ0) is 29.3. The summed E-state index contributed by atoms with van der Waals surface area (Å²) in [5.74, 6) is 0.559. The van der Waals surface area contributed by atoms with Gasteiger partial charge in [0.1, 0.15) is 11.9 Å². The molecule has 8 heteroatoms. The van der Waals surface area contributed by atoms with Crippen LogP contribution in [0.1, 0.15) is 64.5 Å². The average molecular weight is 581 g/mol. The number of carbonyl (C=O) groups excluding carboxylic acids is 2. The van der Waals surface area contributed by atoms with Crippen LogP contribution in [0, 0.1) is 0 Å². The van der Waals surface area contributed by atoms with E-state index in [1.807, 2.05) is 76.2 Å².